The Morgan fingerprint density at radius 1 is 0.889 bits per heavy atom. The van der Waals surface area contributed by atoms with Crippen LogP contribution in [0.1, 0.15) is 18.4 Å². The van der Waals surface area contributed by atoms with E-state index in [2.05, 4.69) is 10.6 Å². The molecule has 0 heterocycles. The molecule has 7 heteroatoms. The first kappa shape index (κ1) is 20.0. The van der Waals surface area contributed by atoms with E-state index in [-0.39, 0.29) is 18.7 Å². The summed E-state index contributed by atoms with van der Waals surface area (Å²) >= 11 is 0. The summed E-state index contributed by atoms with van der Waals surface area (Å²) < 4.78 is 10.0. The van der Waals surface area contributed by atoms with Crippen molar-refractivity contribution in [2.24, 2.45) is 0 Å². The fraction of sp³-hybridized carbons (Fsp3) is 0.250. The van der Waals surface area contributed by atoms with Crippen molar-refractivity contribution >= 4 is 29.2 Å². The minimum atomic E-state index is -0.621. The predicted molar refractivity (Wildman–Crippen MR) is 102 cm³/mol. The molecule has 2 N–H and O–H groups in total. The minimum absolute atomic E-state index is 0.0269. The third kappa shape index (κ3) is 6.81. The van der Waals surface area contributed by atoms with Crippen molar-refractivity contribution in [3.05, 3.63) is 54.1 Å². The second-order valence-electron chi connectivity index (χ2n) is 5.82. The zero-order chi connectivity index (χ0) is 19.6. The van der Waals surface area contributed by atoms with Crippen molar-refractivity contribution in [3.8, 4) is 5.75 Å². The van der Waals surface area contributed by atoms with Crippen molar-refractivity contribution in [1.29, 1.82) is 0 Å². The summed E-state index contributed by atoms with van der Waals surface area (Å²) in [6, 6.07) is 14.2. The number of nitrogens with one attached hydrogen (secondary N) is 2. The Balaban J connectivity index is 1.70. The van der Waals surface area contributed by atoms with Gasteiger partial charge in [-0.05, 0) is 31.2 Å². The van der Waals surface area contributed by atoms with Crippen molar-refractivity contribution < 1.29 is 23.9 Å². The number of para-hydroxylation sites is 2. The molecule has 7 nitrogen and oxygen atoms in total. The van der Waals surface area contributed by atoms with Crippen LogP contribution in [0.25, 0.3) is 0 Å². The van der Waals surface area contributed by atoms with Gasteiger partial charge in [-0.25, -0.2) is 0 Å². The fourth-order valence-electron chi connectivity index (χ4n) is 2.23. The largest absolute Gasteiger partial charge is 0.495 e. The van der Waals surface area contributed by atoms with E-state index < -0.39 is 18.5 Å². The molecule has 2 aromatic carbocycles. The molecule has 0 aromatic heterocycles. The molecule has 27 heavy (non-hydrogen) atoms. The second-order valence-corrected chi connectivity index (χ2v) is 5.82. The van der Waals surface area contributed by atoms with E-state index in [9.17, 15) is 14.4 Å². The number of esters is 1. The Morgan fingerprint density at radius 3 is 2.30 bits per heavy atom. The summed E-state index contributed by atoms with van der Waals surface area (Å²) in [7, 11) is 1.49. The van der Waals surface area contributed by atoms with E-state index in [0.717, 1.165) is 5.56 Å². The maximum absolute atomic E-state index is 11.9. The van der Waals surface area contributed by atoms with Crippen LogP contribution < -0.4 is 15.4 Å². The van der Waals surface area contributed by atoms with Gasteiger partial charge in [0.2, 0.25) is 5.91 Å². The molecule has 0 fully saturated rings. The van der Waals surface area contributed by atoms with E-state index in [0.29, 0.717) is 17.1 Å². The van der Waals surface area contributed by atoms with Gasteiger partial charge in [-0.15, -0.1) is 0 Å². The molecule has 0 saturated carbocycles. The third-order valence-electron chi connectivity index (χ3n) is 3.64. The molecule has 2 amide bonds. The van der Waals surface area contributed by atoms with Gasteiger partial charge in [-0.2, -0.15) is 0 Å². The lowest BCUT2D eigenvalue weighted by molar-refractivity contribution is -0.147. The number of aryl methyl sites for hydroxylation is 1. The van der Waals surface area contributed by atoms with Crippen molar-refractivity contribution in [1.82, 2.24) is 0 Å². The van der Waals surface area contributed by atoms with E-state index in [1.54, 1.807) is 36.4 Å². The van der Waals surface area contributed by atoms with Crippen LogP contribution in [0.15, 0.2) is 48.5 Å². The van der Waals surface area contributed by atoms with Crippen LogP contribution in [0.4, 0.5) is 11.4 Å². The first-order chi connectivity index (χ1) is 13.0. The normalized spacial score (nSPS) is 10.0. The van der Waals surface area contributed by atoms with Gasteiger partial charge < -0.3 is 20.1 Å². The molecule has 0 aliphatic heterocycles. The summed E-state index contributed by atoms with van der Waals surface area (Å²) in [5.74, 6) is -0.902. The molecule has 2 aromatic rings. The zero-order valence-electron chi connectivity index (χ0n) is 15.3. The molecule has 142 valence electrons. The number of benzene rings is 2. The highest BCUT2D eigenvalue weighted by Crippen LogP contribution is 2.22. The summed E-state index contributed by atoms with van der Waals surface area (Å²) in [6.45, 7) is 1.52. The van der Waals surface area contributed by atoms with Crippen LogP contribution in [0.3, 0.4) is 0 Å². The molecule has 0 spiro atoms. The standard InChI is InChI=1S/C20H22N2O5/c1-14-7-9-15(10-8-14)21-18(23)11-12-20(25)27-13-19(24)22-16-5-3-4-6-17(16)26-2/h3-10H,11-13H2,1-2H3,(H,21,23)(H,22,24). The number of carbonyl (C=O) groups excluding carboxylic acids is 3. The number of methoxy groups -OCH3 is 1. The first-order valence-corrected chi connectivity index (χ1v) is 8.43. The summed E-state index contributed by atoms with van der Waals surface area (Å²) in [6.07, 6.45) is -0.138. The number of rotatable bonds is 8. The smallest absolute Gasteiger partial charge is 0.306 e. The van der Waals surface area contributed by atoms with Gasteiger partial charge >= 0.3 is 5.97 Å². The van der Waals surface area contributed by atoms with Gasteiger partial charge in [0.1, 0.15) is 5.75 Å². The average molecular weight is 370 g/mol. The van der Waals surface area contributed by atoms with Gasteiger partial charge in [-0.1, -0.05) is 29.8 Å². The fourth-order valence-corrected chi connectivity index (χ4v) is 2.23. The molecular formula is C20H22N2O5. The molecule has 0 unspecified atom stereocenters. The highest BCUT2D eigenvalue weighted by Gasteiger charge is 2.12. The molecule has 0 saturated heterocycles. The Kier molecular flexibility index (Phi) is 7.37. The second kappa shape index (κ2) is 9.96. The molecule has 0 aliphatic carbocycles. The van der Waals surface area contributed by atoms with Crippen LogP contribution in [-0.4, -0.2) is 31.5 Å². The van der Waals surface area contributed by atoms with E-state index in [4.69, 9.17) is 9.47 Å². The SMILES string of the molecule is COc1ccccc1NC(=O)COC(=O)CCC(=O)Nc1ccc(C)cc1. The van der Waals surface area contributed by atoms with Crippen LogP contribution in [-0.2, 0) is 19.1 Å². The highest BCUT2D eigenvalue weighted by molar-refractivity contribution is 5.95. The van der Waals surface area contributed by atoms with Crippen molar-refractivity contribution in [3.63, 3.8) is 0 Å². The van der Waals surface area contributed by atoms with Crippen LogP contribution in [0, 0.1) is 6.92 Å². The number of hydrogen-bond acceptors (Lipinski definition) is 5. The minimum Gasteiger partial charge on any atom is -0.495 e. The molecule has 0 atom stereocenters. The first-order valence-electron chi connectivity index (χ1n) is 8.43. The lowest BCUT2D eigenvalue weighted by Gasteiger charge is -2.10. The average Bonchev–Trinajstić information content (AvgIpc) is 2.67. The van der Waals surface area contributed by atoms with Gasteiger partial charge in [0.25, 0.3) is 5.91 Å². The number of anilines is 2. The van der Waals surface area contributed by atoms with Crippen LogP contribution >= 0.6 is 0 Å². The van der Waals surface area contributed by atoms with Gasteiger partial charge in [0, 0.05) is 12.1 Å². The lowest BCUT2D eigenvalue weighted by atomic mass is 10.2. The predicted octanol–water partition coefficient (Wildman–Crippen LogP) is 2.90. The topological polar surface area (TPSA) is 93.7 Å². The third-order valence-corrected chi connectivity index (χ3v) is 3.64. The van der Waals surface area contributed by atoms with Crippen LogP contribution in [0.5, 0.6) is 5.75 Å². The summed E-state index contributed by atoms with van der Waals surface area (Å²) in [5.41, 5.74) is 2.23. The number of ether oxygens (including phenoxy) is 2. The summed E-state index contributed by atoms with van der Waals surface area (Å²) in [5, 5.41) is 5.29. The summed E-state index contributed by atoms with van der Waals surface area (Å²) in [4.78, 5) is 35.4. The molecule has 0 radical (unpaired) electrons. The van der Waals surface area contributed by atoms with Crippen LogP contribution in [0.2, 0.25) is 0 Å². The number of amides is 2. The van der Waals surface area contributed by atoms with Gasteiger partial charge in [0.05, 0.1) is 19.2 Å². The molecule has 2 rings (SSSR count). The lowest BCUT2D eigenvalue weighted by Crippen LogP contribution is -2.22. The Hall–Kier alpha value is -3.35. The molecular weight excluding hydrogens is 348 g/mol. The molecule has 0 bridgehead atoms. The van der Waals surface area contributed by atoms with E-state index in [1.807, 2.05) is 19.1 Å². The maximum atomic E-state index is 11.9. The number of hydrogen-bond donors (Lipinski definition) is 2. The maximum Gasteiger partial charge on any atom is 0.306 e. The van der Waals surface area contributed by atoms with E-state index >= 15 is 0 Å². The highest BCUT2D eigenvalue weighted by atomic mass is 16.5. The van der Waals surface area contributed by atoms with Crippen molar-refractivity contribution in [2.75, 3.05) is 24.4 Å². The quantitative estimate of drug-likeness (QED) is 0.697. The zero-order valence-corrected chi connectivity index (χ0v) is 15.3. The van der Waals surface area contributed by atoms with Crippen molar-refractivity contribution in [2.45, 2.75) is 19.8 Å². The van der Waals surface area contributed by atoms with Gasteiger partial charge in [-0.3, -0.25) is 14.4 Å². The monoisotopic (exact) mass is 370 g/mol. The number of carbonyl (C=O) groups is 3. The Morgan fingerprint density at radius 2 is 1.59 bits per heavy atom. The van der Waals surface area contributed by atoms with Gasteiger partial charge in [0.15, 0.2) is 6.61 Å². The Bertz CT molecular complexity index is 802. The Labute approximate surface area is 157 Å². The molecule has 0 aliphatic rings. The van der Waals surface area contributed by atoms with E-state index in [1.165, 1.54) is 7.11 Å².